The van der Waals surface area contributed by atoms with Crippen molar-refractivity contribution in [1.82, 2.24) is 9.80 Å². The second-order valence-electron chi connectivity index (χ2n) is 8.08. The van der Waals surface area contributed by atoms with Crippen LogP contribution in [0.5, 0.6) is 0 Å². The quantitative estimate of drug-likeness (QED) is 0.379. The minimum Gasteiger partial charge on any atom is -0.331 e. The maximum Gasteiger partial charge on any atom is 0.248 e. The first-order valence-electron chi connectivity index (χ1n) is 10.1. The second kappa shape index (κ2) is 9.89. The highest BCUT2D eigenvalue weighted by molar-refractivity contribution is 14.1. The minimum absolute atomic E-state index is 0.0311. The van der Waals surface area contributed by atoms with Gasteiger partial charge >= 0.3 is 0 Å². The maximum absolute atomic E-state index is 13.3. The summed E-state index contributed by atoms with van der Waals surface area (Å²) in [5.74, 6) is 0.109. The van der Waals surface area contributed by atoms with Crippen LogP contribution in [0.1, 0.15) is 64.9 Å². The van der Waals surface area contributed by atoms with E-state index in [-0.39, 0.29) is 11.8 Å². The number of nitrogens with zero attached hydrogens (tertiary/aromatic N) is 2. The van der Waals surface area contributed by atoms with E-state index in [1.165, 1.54) is 29.3 Å². The zero-order chi connectivity index (χ0) is 20.0. The lowest BCUT2D eigenvalue weighted by Gasteiger charge is -2.48. The van der Waals surface area contributed by atoms with Crippen LogP contribution in [-0.2, 0) is 16.0 Å². The molecule has 1 aromatic carbocycles. The van der Waals surface area contributed by atoms with Gasteiger partial charge in [0.15, 0.2) is 0 Å². The molecule has 0 aliphatic carbocycles. The van der Waals surface area contributed by atoms with E-state index in [1.807, 2.05) is 43.0 Å². The Kier molecular flexibility index (Phi) is 8.13. The molecule has 150 valence electrons. The summed E-state index contributed by atoms with van der Waals surface area (Å²) in [6, 6.07) is 7.77. The third-order valence-corrected chi connectivity index (χ3v) is 6.33. The minimum atomic E-state index is -0.766. The lowest BCUT2D eigenvalue weighted by molar-refractivity contribution is -0.166. The van der Waals surface area contributed by atoms with E-state index in [1.54, 1.807) is 11.9 Å². The summed E-state index contributed by atoms with van der Waals surface area (Å²) in [5.41, 5.74) is 0.324. The number of amides is 2. The standard InChI is InChI=1S/C22H33IN2O2/c1-5-6-7-8-9-10-15-25-20(26)19(24(4)21(27)22(25,2)3)16-17-11-13-18(23)14-12-17/h11-14,19H,5-10,15-16H2,1-4H3. The first-order valence-corrected chi connectivity index (χ1v) is 11.2. The van der Waals surface area contributed by atoms with Gasteiger partial charge in [-0.25, -0.2) is 0 Å². The number of carbonyl (C=O) groups is 2. The molecule has 0 bridgehead atoms. The van der Waals surface area contributed by atoms with Gasteiger partial charge in [0, 0.05) is 23.6 Å². The fourth-order valence-electron chi connectivity index (χ4n) is 3.82. The number of piperazine rings is 1. The SMILES string of the molecule is CCCCCCCCN1C(=O)C(Cc2ccc(I)cc2)N(C)C(=O)C1(C)C. The summed E-state index contributed by atoms with van der Waals surface area (Å²) in [4.78, 5) is 29.7. The van der Waals surface area contributed by atoms with Gasteiger partial charge in [-0.05, 0) is 60.6 Å². The molecule has 1 heterocycles. The average Bonchev–Trinajstić information content (AvgIpc) is 2.64. The van der Waals surface area contributed by atoms with Crippen molar-refractivity contribution in [3.8, 4) is 0 Å². The lowest BCUT2D eigenvalue weighted by Crippen LogP contribution is -2.69. The molecule has 0 spiro atoms. The van der Waals surface area contributed by atoms with Crippen LogP contribution in [0.4, 0.5) is 0 Å². The molecule has 1 fully saturated rings. The molecular weight excluding hydrogens is 451 g/mol. The van der Waals surface area contributed by atoms with Crippen LogP contribution in [0.3, 0.4) is 0 Å². The van der Waals surface area contributed by atoms with E-state index >= 15 is 0 Å². The molecule has 5 heteroatoms. The zero-order valence-electron chi connectivity index (χ0n) is 17.1. The predicted octanol–water partition coefficient (Wildman–Crippen LogP) is 4.64. The van der Waals surface area contributed by atoms with Crippen LogP contribution in [0.15, 0.2) is 24.3 Å². The molecule has 1 unspecified atom stereocenters. The van der Waals surface area contributed by atoms with Crippen LogP contribution in [0, 0.1) is 3.57 Å². The highest BCUT2D eigenvalue weighted by Gasteiger charge is 2.49. The van der Waals surface area contributed by atoms with Crippen LogP contribution in [0.2, 0.25) is 0 Å². The molecule has 2 amide bonds. The van der Waals surface area contributed by atoms with Crippen molar-refractivity contribution < 1.29 is 9.59 Å². The van der Waals surface area contributed by atoms with Crippen molar-refractivity contribution in [2.45, 2.75) is 77.3 Å². The Balaban J connectivity index is 2.06. The van der Waals surface area contributed by atoms with E-state index < -0.39 is 11.6 Å². The van der Waals surface area contributed by atoms with Crippen LogP contribution in [0.25, 0.3) is 0 Å². The van der Waals surface area contributed by atoms with Crippen LogP contribution in [-0.4, -0.2) is 46.8 Å². The molecule has 2 rings (SSSR count). The van der Waals surface area contributed by atoms with E-state index in [0.29, 0.717) is 13.0 Å². The Morgan fingerprint density at radius 2 is 1.59 bits per heavy atom. The predicted molar refractivity (Wildman–Crippen MR) is 119 cm³/mol. The van der Waals surface area contributed by atoms with Gasteiger partial charge in [-0.3, -0.25) is 9.59 Å². The molecule has 1 atom stereocenters. The number of carbonyl (C=O) groups excluding carboxylic acids is 2. The van der Waals surface area contributed by atoms with Gasteiger partial charge in [-0.2, -0.15) is 0 Å². The number of benzene rings is 1. The molecule has 0 N–H and O–H groups in total. The van der Waals surface area contributed by atoms with Gasteiger partial charge in [-0.15, -0.1) is 0 Å². The molecule has 0 radical (unpaired) electrons. The summed E-state index contributed by atoms with van der Waals surface area (Å²) in [6.07, 6.45) is 7.62. The zero-order valence-corrected chi connectivity index (χ0v) is 19.3. The Hall–Kier alpha value is -1.11. The van der Waals surface area contributed by atoms with E-state index in [2.05, 4.69) is 29.5 Å². The summed E-state index contributed by atoms with van der Waals surface area (Å²) < 4.78 is 1.17. The topological polar surface area (TPSA) is 40.6 Å². The van der Waals surface area contributed by atoms with Crippen molar-refractivity contribution in [2.75, 3.05) is 13.6 Å². The average molecular weight is 484 g/mol. The number of rotatable bonds is 9. The first-order chi connectivity index (χ1) is 12.8. The van der Waals surface area contributed by atoms with E-state index in [9.17, 15) is 9.59 Å². The number of unbranched alkanes of at least 4 members (excludes halogenated alkanes) is 5. The highest BCUT2D eigenvalue weighted by Crippen LogP contribution is 2.28. The van der Waals surface area contributed by atoms with Crippen molar-refractivity contribution in [3.05, 3.63) is 33.4 Å². The molecular formula is C22H33IN2O2. The molecule has 27 heavy (non-hydrogen) atoms. The number of halogens is 1. The number of likely N-dealkylation sites (N-methyl/N-ethyl adjacent to an activating group) is 1. The summed E-state index contributed by atoms with van der Waals surface area (Å²) in [7, 11) is 1.77. The van der Waals surface area contributed by atoms with Gasteiger partial charge in [0.05, 0.1) is 0 Å². The Bertz CT molecular complexity index is 642. The molecule has 4 nitrogen and oxygen atoms in total. The lowest BCUT2D eigenvalue weighted by atomic mass is 9.91. The normalized spacial score (nSPS) is 19.7. The maximum atomic E-state index is 13.3. The van der Waals surface area contributed by atoms with E-state index in [0.717, 1.165) is 18.4 Å². The van der Waals surface area contributed by atoms with Gasteiger partial charge in [0.25, 0.3) is 0 Å². The molecule has 1 aliphatic rings. The Labute approximate surface area is 177 Å². The summed E-state index contributed by atoms with van der Waals surface area (Å²) in [5, 5.41) is 0. The second-order valence-corrected chi connectivity index (χ2v) is 9.32. The van der Waals surface area contributed by atoms with Crippen molar-refractivity contribution >= 4 is 34.4 Å². The third-order valence-electron chi connectivity index (χ3n) is 5.61. The highest BCUT2D eigenvalue weighted by atomic mass is 127. The molecule has 1 saturated heterocycles. The fraction of sp³-hybridized carbons (Fsp3) is 0.636. The van der Waals surface area contributed by atoms with E-state index in [4.69, 9.17) is 0 Å². The van der Waals surface area contributed by atoms with Crippen molar-refractivity contribution in [3.63, 3.8) is 0 Å². The molecule has 1 aliphatic heterocycles. The number of hydrogen-bond donors (Lipinski definition) is 0. The Morgan fingerprint density at radius 3 is 2.22 bits per heavy atom. The van der Waals surface area contributed by atoms with Gasteiger partial charge < -0.3 is 9.80 Å². The van der Waals surface area contributed by atoms with Crippen molar-refractivity contribution in [1.29, 1.82) is 0 Å². The third kappa shape index (κ3) is 5.46. The molecule has 1 aromatic rings. The van der Waals surface area contributed by atoms with Gasteiger partial charge in [-0.1, -0.05) is 51.2 Å². The first kappa shape index (κ1) is 22.2. The van der Waals surface area contributed by atoms with Crippen LogP contribution >= 0.6 is 22.6 Å². The molecule has 0 saturated carbocycles. The Morgan fingerprint density at radius 1 is 1.00 bits per heavy atom. The summed E-state index contributed by atoms with van der Waals surface area (Å²) >= 11 is 2.27. The monoisotopic (exact) mass is 484 g/mol. The summed E-state index contributed by atoms with van der Waals surface area (Å²) in [6.45, 7) is 6.63. The van der Waals surface area contributed by atoms with Gasteiger partial charge in [0.2, 0.25) is 11.8 Å². The molecule has 0 aromatic heterocycles. The smallest absolute Gasteiger partial charge is 0.248 e. The van der Waals surface area contributed by atoms with Crippen LogP contribution < -0.4 is 0 Å². The fourth-order valence-corrected chi connectivity index (χ4v) is 4.18. The van der Waals surface area contributed by atoms with Gasteiger partial charge in [0.1, 0.15) is 11.6 Å². The van der Waals surface area contributed by atoms with Crippen molar-refractivity contribution in [2.24, 2.45) is 0 Å². The largest absolute Gasteiger partial charge is 0.331 e. The number of hydrogen-bond acceptors (Lipinski definition) is 2.